The van der Waals surface area contributed by atoms with E-state index in [9.17, 15) is 4.79 Å². The SMILES string of the molecule is CN=C(NCCCOCC(C)C)NCC(=O)N1CCc2ccccc2C1.I. The normalized spacial score (nSPS) is 13.8. The number of carbonyl (C=O) groups is 1. The molecule has 27 heavy (non-hydrogen) atoms. The first-order valence-corrected chi connectivity index (χ1v) is 9.47. The molecule has 0 bridgehead atoms. The van der Waals surface area contributed by atoms with E-state index in [1.165, 1.54) is 11.1 Å². The summed E-state index contributed by atoms with van der Waals surface area (Å²) in [5.74, 6) is 1.31. The van der Waals surface area contributed by atoms with Crippen molar-refractivity contribution in [2.24, 2.45) is 10.9 Å². The zero-order chi connectivity index (χ0) is 18.8. The minimum absolute atomic E-state index is 0. The van der Waals surface area contributed by atoms with Crippen molar-refractivity contribution in [1.29, 1.82) is 0 Å². The molecule has 0 atom stereocenters. The van der Waals surface area contributed by atoms with Crippen LogP contribution in [0.2, 0.25) is 0 Å². The first kappa shape index (κ1) is 23.7. The van der Waals surface area contributed by atoms with Gasteiger partial charge in [0.2, 0.25) is 5.91 Å². The molecule has 7 heteroatoms. The minimum atomic E-state index is 0. The van der Waals surface area contributed by atoms with Crippen molar-refractivity contribution in [1.82, 2.24) is 15.5 Å². The predicted octanol–water partition coefficient (Wildman–Crippen LogP) is 2.42. The van der Waals surface area contributed by atoms with Gasteiger partial charge < -0.3 is 20.3 Å². The number of hydrogen-bond donors (Lipinski definition) is 2. The molecule has 1 aliphatic heterocycles. The Labute approximate surface area is 180 Å². The molecule has 1 heterocycles. The molecule has 6 nitrogen and oxygen atoms in total. The number of carbonyl (C=O) groups excluding carboxylic acids is 1. The number of halogens is 1. The molecule has 1 aromatic rings. The summed E-state index contributed by atoms with van der Waals surface area (Å²) in [4.78, 5) is 18.5. The number of nitrogens with one attached hydrogen (secondary N) is 2. The van der Waals surface area contributed by atoms with Crippen LogP contribution in [-0.2, 0) is 22.5 Å². The zero-order valence-electron chi connectivity index (χ0n) is 16.7. The van der Waals surface area contributed by atoms with Crippen molar-refractivity contribution < 1.29 is 9.53 Å². The topological polar surface area (TPSA) is 66.0 Å². The van der Waals surface area contributed by atoms with E-state index in [-0.39, 0.29) is 36.4 Å². The fraction of sp³-hybridized carbons (Fsp3) is 0.600. The summed E-state index contributed by atoms with van der Waals surface area (Å²) in [6.45, 7) is 8.29. The largest absolute Gasteiger partial charge is 0.381 e. The third-order valence-corrected chi connectivity index (χ3v) is 4.32. The Morgan fingerprint density at radius 2 is 2.00 bits per heavy atom. The molecule has 152 valence electrons. The Bertz CT molecular complexity index is 607. The number of benzene rings is 1. The monoisotopic (exact) mass is 488 g/mol. The Kier molecular flexibility index (Phi) is 11.3. The second kappa shape index (κ2) is 12.9. The van der Waals surface area contributed by atoms with Crippen LogP contribution in [0.15, 0.2) is 29.3 Å². The fourth-order valence-corrected chi connectivity index (χ4v) is 2.90. The van der Waals surface area contributed by atoms with E-state index in [2.05, 4.69) is 47.7 Å². The summed E-state index contributed by atoms with van der Waals surface area (Å²) in [5.41, 5.74) is 2.60. The van der Waals surface area contributed by atoms with Gasteiger partial charge in [0.25, 0.3) is 0 Å². The van der Waals surface area contributed by atoms with Crippen molar-refractivity contribution >= 4 is 35.8 Å². The quantitative estimate of drug-likeness (QED) is 0.255. The van der Waals surface area contributed by atoms with E-state index in [0.717, 1.165) is 39.1 Å². The first-order valence-electron chi connectivity index (χ1n) is 9.47. The van der Waals surface area contributed by atoms with Gasteiger partial charge in [-0.1, -0.05) is 38.1 Å². The maximum atomic E-state index is 12.5. The van der Waals surface area contributed by atoms with Gasteiger partial charge in [-0.25, -0.2) is 0 Å². The number of amides is 1. The average molecular weight is 488 g/mol. The lowest BCUT2D eigenvalue weighted by molar-refractivity contribution is -0.130. The van der Waals surface area contributed by atoms with Gasteiger partial charge in [0.15, 0.2) is 5.96 Å². The Hall–Kier alpha value is -1.35. The van der Waals surface area contributed by atoms with Crippen LogP contribution in [-0.4, -0.2) is 56.7 Å². The van der Waals surface area contributed by atoms with Crippen molar-refractivity contribution in [2.75, 3.05) is 39.9 Å². The molecular formula is C20H33IN4O2. The molecular weight excluding hydrogens is 455 g/mol. The standard InChI is InChI=1S/C20H32N4O2.HI/c1-16(2)15-26-12-6-10-22-20(21-3)23-13-19(25)24-11-9-17-7-4-5-8-18(17)14-24;/h4-5,7-8,16H,6,9-15H2,1-3H3,(H2,21,22,23);1H. The van der Waals surface area contributed by atoms with Crippen molar-refractivity contribution in [2.45, 2.75) is 33.2 Å². The molecule has 0 aromatic heterocycles. The molecule has 0 aliphatic carbocycles. The second-order valence-corrected chi connectivity index (χ2v) is 7.01. The smallest absolute Gasteiger partial charge is 0.242 e. The molecule has 0 spiro atoms. The molecule has 0 unspecified atom stereocenters. The number of ether oxygens (including phenoxy) is 1. The fourth-order valence-electron chi connectivity index (χ4n) is 2.90. The summed E-state index contributed by atoms with van der Waals surface area (Å²) in [7, 11) is 1.71. The minimum Gasteiger partial charge on any atom is -0.381 e. The van der Waals surface area contributed by atoms with Crippen LogP contribution in [0.4, 0.5) is 0 Å². The van der Waals surface area contributed by atoms with Gasteiger partial charge in [-0.15, -0.1) is 24.0 Å². The lowest BCUT2D eigenvalue weighted by Gasteiger charge is -2.29. The summed E-state index contributed by atoms with van der Waals surface area (Å²) >= 11 is 0. The van der Waals surface area contributed by atoms with Crippen molar-refractivity contribution in [3.05, 3.63) is 35.4 Å². The molecule has 1 amide bonds. The van der Waals surface area contributed by atoms with Crippen molar-refractivity contribution in [3.63, 3.8) is 0 Å². The number of aliphatic imine (C=N–C) groups is 1. The second-order valence-electron chi connectivity index (χ2n) is 7.01. The molecule has 0 saturated heterocycles. The highest BCUT2D eigenvalue weighted by atomic mass is 127. The molecule has 1 aromatic carbocycles. The Balaban J connectivity index is 0.00000364. The number of hydrogen-bond acceptors (Lipinski definition) is 3. The third-order valence-electron chi connectivity index (χ3n) is 4.32. The van der Waals surface area contributed by atoms with Crippen LogP contribution >= 0.6 is 24.0 Å². The Morgan fingerprint density at radius 1 is 1.26 bits per heavy atom. The van der Waals surface area contributed by atoms with E-state index < -0.39 is 0 Å². The van der Waals surface area contributed by atoms with Crippen molar-refractivity contribution in [3.8, 4) is 0 Å². The van der Waals surface area contributed by atoms with Crippen LogP contribution in [0.3, 0.4) is 0 Å². The zero-order valence-corrected chi connectivity index (χ0v) is 19.0. The van der Waals surface area contributed by atoms with E-state index >= 15 is 0 Å². The van der Waals surface area contributed by atoms with Crippen LogP contribution in [0.5, 0.6) is 0 Å². The van der Waals surface area contributed by atoms with Gasteiger partial charge >= 0.3 is 0 Å². The highest BCUT2D eigenvalue weighted by Gasteiger charge is 2.20. The number of nitrogens with zero attached hydrogens (tertiary/aromatic N) is 2. The highest BCUT2D eigenvalue weighted by Crippen LogP contribution is 2.18. The maximum Gasteiger partial charge on any atom is 0.242 e. The van der Waals surface area contributed by atoms with E-state index in [0.29, 0.717) is 18.4 Å². The predicted molar refractivity (Wildman–Crippen MR) is 121 cm³/mol. The summed E-state index contributed by atoms with van der Waals surface area (Å²) in [6.07, 6.45) is 1.83. The maximum absolute atomic E-state index is 12.5. The molecule has 2 rings (SSSR count). The number of fused-ring (bicyclic) bond motifs is 1. The molecule has 0 radical (unpaired) electrons. The van der Waals surface area contributed by atoms with Gasteiger partial charge in [-0.2, -0.15) is 0 Å². The summed E-state index contributed by atoms with van der Waals surface area (Å²) in [6, 6.07) is 8.33. The van der Waals surface area contributed by atoms with E-state index in [1.54, 1.807) is 7.05 Å². The molecule has 2 N–H and O–H groups in total. The lowest BCUT2D eigenvalue weighted by Crippen LogP contribution is -2.46. The molecule has 0 saturated carbocycles. The third kappa shape index (κ3) is 8.47. The van der Waals surface area contributed by atoms with Crippen LogP contribution in [0, 0.1) is 5.92 Å². The number of guanidine groups is 1. The molecule has 0 fully saturated rings. The highest BCUT2D eigenvalue weighted by molar-refractivity contribution is 14.0. The van der Waals surface area contributed by atoms with Gasteiger partial charge in [0, 0.05) is 39.9 Å². The van der Waals surface area contributed by atoms with E-state index in [4.69, 9.17) is 4.74 Å². The van der Waals surface area contributed by atoms with Gasteiger partial charge in [0.1, 0.15) is 0 Å². The van der Waals surface area contributed by atoms with Crippen LogP contribution < -0.4 is 10.6 Å². The summed E-state index contributed by atoms with van der Waals surface area (Å²) < 4.78 is 5.56. The number of rotatable bonds is 8. The van der Waals surface area contributed by atoms with E-state index in [1.807, 2.05) is 11.0 Å². The molecule has 1 aliphatic rings. The van der Waals surface area contributed by atoms with Gasteiger partial charge in [-0.05, 0) is 29.9 Å². The summed E-state index contributed by atoms with van der Waals surface area (Å²) in [5, 5.41) is 6.33. The average Bonchev–Trinajstić information content (AvgIpc) is 2.66. The van der Waals surface area contributed by atoms with Crippen LogP contribution in [0.1, 0.15) is 31.4 Å². The Morgan fingerprint density at radius 3 is 2.70 bits per heavy atom. The first-order chi connectivity index (χ1) is 12.6. The van der Waals surface area contributed by atoms with Crippen LogP contribution in [0.25, 0.3) is 0 Å². The van der Waals surface area contributed by atoms with Gasteiger partial charge in [-0.3, -0.25) is 9.79 Å². The lowest BCUT2D eigenvalue weighted by atomic mass is 10.00. The van der Waals surface area contributed by atoms with Gasteiger partial charge in [0.05, 0.1) is 6.54 Å².